The minimum Gasteiger partial charge on any atom is -0.308 e. The van der Waals surface area contributed by atoms with Crippen molar-refractivity contribution in [1.29, 1.82) is 0 Å². The zero-order chi connectivity index (χ0) is 20.3. The topological polar surface area (TPSA) is 15.3 Å². The molecule has 0 spiro atoms. The van der Waals surface area contributed by atoms with Crippen LogP contribution in [0.1, 0.15) is 46.7 Å². The first-order valence-electron chi connectivity index (χ1n) is 11.4. The predicted octanol–water partition coefficient (Wildman–Crippen LogP) is 5.83. The van der Waals surface area contributed by atoms with E-state index in [9.17, 15) is 0 Å². The molecule has 3 saturated heterocycles. The number of benzene rings is 2. The van der Waals surface area contributed by atoms with Gasteiger partial charge < -0.3 is 5.32 Å². The van der Waals surface area contributed by atoms with Crippen molar-refractivity contribution in [2.24, 2.45) is 5.92 Å². The van der Waals surface area contributed by atoms with Gasteiger partial charge in [0.05, 0.1) is 0 Å². The van der Waals surface area contributed by atoms with Crippen molar-refractivity contribution in [2.45, 2.75) is 50.7 Å². The fourth-order valence-corrected chi connectivity index (χ4v) is 6.36. The van der Waals surface area contributed by atoms with E-state index in [0.717, 1.165) is 12.5 Å². The Morgan fingerprint density at radius 2 is 1.57 bits per heavy atom. The van der Waals surface area contributed by atoms with E-state index in [1.54, 1.807) is 0 Å². The van der Waals surface area contributed by atoms with Crippen LogP contribution in [-0.4, -0.2) is 30.1 Å². The number of aryl methyl sites for hydroxylation is 1. The maximum Gasteiger partial charge on any atom is 0.0358 e. The highest BCUT2D eigenvalue weighted by molar-refractivity contribution is 7.10. The highest BCUT2D eigenvalue weighted by Gasteiger charge is 2.41. The molecule has 1 aromatic heterocycles. The summed E-state index contributed by atoms with van der Waals surface area (Å²) in [5, 5.41) is 6.26. The average Bonchev–Trinajstić information content (AvgIpc) is 3.04. The Bertz CT molecular complexity index is 888. The monoisotopic (exact) mass is 416 g/mol. The molecular formula is C27H32N2S. The summed E-state index contributed by atoms with van der Waals surface area (Å²) in [6, 6.07) is 25.7. The minimum atomic E-state index is 0.394. The maximum absolute atomic E-state index is 4.04. The highest BCUT2D eigenvalue weighted by atomic mass is 32.1. The largest absolute Gasteiger partial charge is 0.308 e. The van der Waals surface area contributed by atoms with Crippen molar-refractivity contribution in [3.63, 3.8) is 0 Å². The van der Waals surface area contributed by atoms with Gasteiger partial charge in [0.15, 0.2) is 0 Å². The smallest absolute Gasteiger partial charge is 0.0358 e. The van der Waals surface area contributed by atoms with Gasteiger partial charge in [0.2, 0.25) is 0 Å². The summed E-state index contributed by atoms with van der Waals surface area (Å²) in [4.78, 5) is 4.24. The van der Waals surface area contributed by atoms with Gasteiger partial charge in [-0.3, -0.25) is 4.90 Å². The molecule has 156 valence electrons. The first-order valence-corrected chi connectivity index (χ1v) is 12.3. The number of nitrogens with one attached hydrogen (secondary N) is 1. The summed E-state index contributed by atoms with van der Waals surface area (Å²) in [6.45, 7) is 5.70. The van der Waals surface area contributed by atoms with E-state index in [1.807, 2.05) is 11.3 Å². The van der Waals surface area contributed by atoms with Gasteiger partial charge in [0.1, 0.15) is 0 Å². The zero-order valence-corrected chi connectivity index (χ0v) is 18.7. The number of fused-ring (bicyclic) bond motifs is 4. The Morgan fingerprint density at radius 3 is 2.13 bits per heavy atom. The second-order valence-corrected chi connectivity index (χ2v) is 10.1. The summed E-state index contributed by atoms with van der Waals surface area (Å²) in [5.74, 6) is 1.25. The molecule has 3 aromatic rings. The number of nitrogens with zero attached hydrogens (tertiary/aromatic N) is 1. The van der Waals surface area contributed by atoms with Crippen LogP contribution in [-0.2, 0) is 6.54 Å². The molecule has 3 aliphatic heterocycles. The molecule has 3 aliphatic rings. The van der Waals surface area contributed by atoms with Gasteiger partial charge in [-0.25, -0.2) is 0 Å². The fourth-order valence-electron chi connectivity index (χ4n) is 5.63. The molecule has 4 heterocycles. The van der Waals surface area contributed by atoms with E-state index in [0.29, 0.717) is 18.0 Å². The molecule has 0 saturated carbocycles. The summed E-state index contributed by atoms with van der Waals surface area (Å²) < 4.78 is 0. The molecule has 1 N–H and O–H groups in total. The molecule has 2 unspecified atom stereocenters. The summed E-state index contributed by atoms with van der Waals surface area (Å²) in [7, 11) is 0. The predicted molar refractivity (Wildman–Crippen MR) is 127 cm³/mol. The van der Waals surface area contributed by atoms with Crippen LogP contribution in [0.4, 0.5) is 0 Å². The first kappa shape index (κ1) is 20.0. The lowest BCUT2D eigenvalue weighted by molar-refractivity contribution is 0.143. The molecule has 2 atom stereocenters. The molecule has 3 heteroatoms. The van der Waals surface area contributed by atoms with Gasteiger partial charge >= 0.3 is 0 Å². The van der Waals surface area contributed by atoms with Crippen LogP contribution in [0.15, 0.2) is 72.1 Å². The second kappa shape index (κ2) is 9.05. The summed E-state index contributed by atoms with van der Waals surface area (Å²) >= 11 is 1.86. The van der Waals surface area contributed by atoms with Crippen LogP contribution >= 0.6 is 11.3 Å². The van der Waals surface area contributed by atoms with Gasteiger partial charge in [-0.1, -0.05) is 60.7 Å². The molecule has 0 radical (unpaired) electrons. The van der Waals surface area contributed by atoms with Gasteiger partial charge in [-0.05, 0) is 73.3 Å². The molecule has 0 amide bonds. The number of hydrogen-bond acceptors (Lipinski definition) is 3. The molecule has 2 bridgehead atoms. The van der Waals surface area contributed by atoms with E-state index in [4.69, 9.17) is 0 Å². The summed E-state index contributed by atoms with van der Waals surface area (Å²) in [5.41, 5.74) is 4.34. The lowest BCUT2D eigenvalue weighted by Crippen LogP contribution is -2.51. The molecule has 0 aliphatic carbocycles. The number of rotatable bonds is 6. The van der Waals surface area contributed by atoms with E-state index in [1.165, 1.54) is 53.9 Å². The SMILES string of the molecule is Cc1sccc1CNC1CC2CCN(CC2)C1C(c1ccccc1)c1ccccc1. The lowest BCUT2D eigenvalue weighted by atomic mass is 9.80. The van der Waals surface area contributed by atoms with Crippen molar-refractivity contribution >= 4 is 11.3 Å². The third-order valence-electron chi connectivity index (χ3n) is 7.25. The molecule has 3 fully saturated rings. The Balaban J connectivity index is 1.52. The molecule has 6 rings (SSSR count). The van der Waals surface area contributed by atoms with Gasteiger partial charge in [-0.15, -0.1) is 11.3 Å². The van der Waals surface area contributed by atoms with Crippen molar-refractivity contribution < 1.29 is 0 Å². The van der Waals surface area contributed by atoms with E-state index in [-0.39, 0.29) is 0 Å². The Morgan fingerprint density at radius 1 is 0.933 bits per heavy atom. The fraction of sp³-hybridized carbons (Fsp3) is 0.407. The van der Waals surface area contributed by atoms with Gasteiger partial charge in [-0.2, -0.15) is 0 Å². The van der Waals surface area contributed by atoms with Crippen LogP contribution in [0.2, 0.25) is 0 Å². The highest BCUT2D eigenvalue weighted by Crippen LogP contribution is 2.40. The Labute approximate surface area is 184 Å². The van der Waals surface area contributed by atoms with Crippen LogP contribution in [0.5, 0.6) is 0 Å². The molecule has 2 aromatic carbocycles. The van der Waals surface area contributed by atoms with Crippen LogP contribution in [0.3, 0.4) is 0 Å². The summed E-state index contributed by atoms with van der Waals surface area (Å²) in [6.07, 6.45) is 3.99. The molecular weight excluding hydrogens is 384 g/mol. The third-order valence-corrected chi connectivity index (χ3v) is 8.14. The van der Waals surface area contributed by atoms with E-state index < -0.39 is 0 Å². The minimum absolute atomic E-state index is 0.394. The standard InChI is InChI=1S/C27H32N2S/c1-20-24(14-17-30-20)19-28-25-18-21-12-15-29(16-13-21)27(25)26(22-8-4-2-5-9-22)23-10-6-3-7-11-23/h2-11,14,17,21,25-28H,12-13,15-16,18-19H2,1H3. The van der Waals surface area contributed by atoms with Gasteiger partial charge in [0.25, 0.3) is 0 Å². The molecule has 30 heavy (non-hydrogen) atoms. The van der Waals surface area contributed by atoms with Gasteiger partial charge in [0, 0.05) is 29.4 Å². The van der Waals surface area contributed by atoms with Crippen molar-refractivity contribution in [1.82, 2.24) is 10.2 Å². The number of piperidine rings is 1. The third kappa shape index (κ3) is 4.12. The van der Waals surface area contributed by atoms with E-state index >= 15 is 0 Å². The normalized spacial score (nSPS) is 26.1. The maximum atomic E-state index is 4.04. The van der Waals surface area contributed by atoms with E-state index in [2.05, 4.69) is 89.3 Å². The lowest BCUT2D eigenvalue weighted by Gasteiger charge is -2.41. The number of hydrogen-bond donors (Lipinski definition) is 1. The van der Waals surface area contributed by atoms with Crippen LogP contribution in [0.25, 0.3) is 0 Å². The first-order chi connectivity index (χ1) is 14.8. The van der Waals surface area contributed by atoms with Crippen molar-refractivity contribution in [3.05, 3.63) is 93.7 Å². The number of thiophene rings is 1. The average molecular weight is 417 g/mol. The van der Waals surface area contributed by atoms with Crippen molar-refractivity contribution in [2.75, 3.05) is 13.1 Å². The van der Waals surface area contributed by atoms with Crippen LogP contribution < -0.4 is 5.32 Å². The quantitative estimate of drug-likeness (QED) is 0.544. The van der Waals surface area contributed by atoms with Crippen molar-refractivity contribution in [3.8, 4) is 0 Å². The second-order valence-electron chi connectivity index (χ2n) is 8.99. The Kier molecular flexibility index (Phi) is 6.03. The zero-order valence-electron chi connectivity index (χ0n) is 17.8. The Hall–Kier alpha value is -1.94. The molecule has 2 nitrogen and oxygen atoms in total. The van der Waals surface area contributed by atoms with Crippen LogP contribution in [0, 0.1) is 12.8 Å².